The molecule has 0 saturated heterocycles. The van der Waals surface area contributed by atoms with Crippen LogP contribution < -0.4 is 0 Å². The van der Waals surface area contributed by atoms with Gasteiger partial charge in [-0.15, -0.1) is 10.2 Å². The lowest BCUT2D eigenvalue weighted by Gasteiger charge is -2.07. The van der Waals surface area contributed by atoms with E-state index in [4.69, 9.17) is 0 Å². The Morgan fingerprint density at radius 3 is 2.50 bits per heavy atom. The van der Waals surface area contributed by atoms with E-state index < -0.39 is 0 Å². The van der Waals surface area contributed by atoms with Crippen molar-refractivity contribution in [2.75, 3.05) is 0 Å². The predicted octanol–water partition coefficient (Wildman–Crippen LogP) is 3.40. The van der Waals surface area contributed by atoms with Gasteiger partial charge in [0, 0.05) is 5.56 Å². The molecule has 0 aliphatic carbocycles. The number of benzene rings is 2. The monoisotopic (exact) mass is 236 g/mol. The molecule has 0 saturated carbocycles. The fourth-order valence-corrected chi connectivity index (χ4v) is 2.07. The zero-order chi connectivity index (χ0) is 12.5. The fourth-order valence-electron chi connectivity index (χ4n) is 2.07. The number of amides is 1. The van der Waals surface area contributed by atoms with Crippen molar-refractivity contribution >= 4 is 17.9 Å². The SMILES string of the molecule is O=Cc1ccccc1-c1cccc2c1C(=O)N=N2. The molecule has 0 radical (unpaired) electrons. The van der Waals surface area contributed by atoms with Crippen molar-refractivity contribution in [3.63, 3.8) is 0 Å². The Hall–Kier alpha value is -2.62. The second-order valence-electron chi connectivity index (χ2n) is 3.91. The Bertz CT molecular complexity index is 690. The van der Waals surface area contributed by atoms with Crippen LogP contribution in [0.2, 0.25) is 0 Å². The van der Waals surface area contributed by atoms with Crippen LogP contribution in [0.4, 0.5) is 5.69 Å². The van der Waals surface area contributed by atoms with Gasteiger partial charge in [0.05, 0.1) is 11.3 Å². The van der Waals surface area contributed by atoms with E-state index in [0.717, 1.165) is 11.8 Å². The quantitative estimate of drug-likeness (QED) is 0.750. The minimum atomic E-state index is -0.360. The average molecular weight is 236 g/mol. The molecule has 1 aliphatic heterocycles. The second-order valence-corrected chi connectivity index (χ2v) is 3.91. The van der Waals surface area contributed by atoms with Crippen LogP contribution in [0.3, 0.4) is 0 Å². The molecule has 0 aromatic heterocycles. The molecule has 4 heteroatoms. The third-order valence-electron chi connectivity index (χ3n) is 2.88. The van der Waals surface area contributed by atoms with E-state index in [1.807, 2.05) is 12.1 Å². The highest BCUT2D eigenvalue weighted by atomic mass is 16.2. The van der Waals surface area contributed by atoms with Crippen molar-refractivity contribution in [1.82, 2.24) is 0 Å². The number of aldehydes is 1. The molecule has 1 aliphatic rings. The zero-order valence-electron chi connectivity index (χ0n) is 9.33. The summed E-state index contributed by atoms with van der Waals surface area (Å²) in [5, 5.41) is 7.35. The zero-order valence-corrected chi connectivity index (χ0v) is 9.33. The maximum atomic E-state index is 11.7. The van der Waals surface area contributed by atoms with Crippen molar-refractivity contribution in [1.29, 1.82) is 0 Å². The Kier molecular flexibility index (Phi) is 2.34. The number of nitrogens with zero attached hydrogens (tertiary/aromatic N) is 2. The summed E-state index contributed by atoms with van der Waals surface area (Å²) in [5.74, 6) is -0.360. The normalized spacial score (nSPS) is 12.6. The first-order chi connectivity index (χ1) is 8.81. The van der Waals surface area contributed by atoms with Gasteiger partial charge in [0.1, 0.15) is 0 Å². The van der Waals surface area contributed by atoms with Gasteiger partial charge >= 0.3 is 0 Å². The van der Waals surface area contributed by atoms with Crippen LogP contribution in [-0.2, 0) is 0 Å². The maximum Gasteiger partial charge on any atom is 0.298 e. The van der Waals surface area contributed by atoms with Gasteiger partial charge in [0.15, 0.2) is 6.29 Å². The van der Waals surface area contributed by atoms with Crippen LogP contribution in [0.5, 0.6) is 0 Å². The molecule has 0 spiro atoms. The third kappa shape index (κ3) is 1.47. The molecule has 2 aromatic rings. The van der Waals surface area contributed by atoms with E-state index >= 15 is 0 Å². The van der Waals surface area contributed by atoms with Gasteiger partial charge in [-0.05, 0) is 17.2 Å². The molecule has 0 N–H and O–H groups in total. The van der Waals surface area contributed by atoms with E-state index in [9.17, 15) is 9.59 Å². The van der Waals surface area contributed by atoms with Crippen molar-refractivity contribution in [3.05, 3.63) is 53.6 Å². The number of hydrogen-bond acceptors (Lipinski definition) is 3. The molecule has 1 heterocycles. The summed E-state index contributed by atoms with van der Waals surface area (Å²) < 4.78 is 0. The molecule has 0 atom stereocenters. The molecular formula is C14H8N2O2. The number of rotatable bonds is 2. The van der Waals surface area contributed by atoms with E-state index in [0.29, 0.717) is 22.4 Å². The van der Waals surface area contributed by atoms with Crippen molar-refractivity contribution < 1.29 is 9.59 Å². The summed E-state index contributed by atoms with van der Waals surface area (Å²) in [5.41, 5.74) is 2.99. The molecular weight excluding hydrogens is 228 g/mol. The molecule has 0 unspecified atom stereocenters. The minimum absolute atomic E-state index is 0.360. The highest BCUT2D eigenvalue weighted by Gasteiger charge is 2.22. The van der Waals surface area contributed by atoms with Crippen molar-refractivity contribution in [3.8, 4) is 11.1 Å². The topological polar surface area (TPSA) is 58.9 Å². The first kappa shape index (κ1) is 10.5. The molecule has 18 heavy (non-hydrogen) atoms. The van der Waals surface area contributed by atoms with Crippen LogP contribution in [-0.4, -0.2) is 12.2 Å². The van der Waals surface area contributed by atoms with Crippen LogP contribution in [0.1, 0.15) is 20.7 Å². The third-order valence-corrected chi connectivity index (χ3v) is 2.88. The largest absolute Gasteiger partial charge is 0.298 e. The minimum Gasteiger partial charge on any atom is -0.298 e. The Labute approximate surface area is 103 Å². The van der Waals surface area contributed by atoms with Gasteiger partial charge in [-0.1, -0.05) is 36.4 Å². The molecule has 1 amide bonds. The maximum absolute atomic E-state index is 11.7. The Morgan fingerprint density at radius 1 is 0.889 bits per heavy atom. The van der Waals surface area contributed by atoms with Gasteiger partial charge < -0.3 is 0 Å². The van der Waals surface area contributed by atoms with Gasteiger partial charge in [-0.2, -0.15) is 0 Å². The van der Waals surface area contributed by atoms with E-state index in [1.54, 1.807) is 30.3 Å². The van der Waals surface area contributed by atoms with Crippen molar-refractivity contribution in [2.24, 2.45) is 10.2 Å². The van der Waals surface area contributed by atoms with Gasteiger partial charge in [0.2, 0.25) is 0 Å². The number of hydrogen-bond donors (Lipinski definition) is 0. The summed E-state index contributed by atoms with van der Waals surface area (Å²) >= 11 is 0. The summed E-state index contributed by atoms with van der Waals surface area (Å²) in [6, 6.07) is 12.5. The molecule has 86 valence electrons. The number of azo groups is 1. The van der Waals surface area contributed by atoms with Crippen molar-refractivity contribution in [2.45, 2.75) is 0 Å². The number of carbonyl (C=O) groups excluding carboxylic acids is 2. The summed E-state index contributed by atoms with van der Waals surface area (Å²) in [6.45, 7) is 0. The van der Waals surface area contributed by atoms with Crippen LogP contribution in [0.15, 0.2) is 52.7 Å². The van der Waals surface area contributed by atoms with Crippen LogP contribution in [0, 0.1) is 0 Å². The van der Waals surface area contributed by atoms with Gasteiger partial charge in [-0.25, -0.2) is 0 Å². The average Bonchev–Trinajstić information content (AvgIpc) is 2.81. The lowest BCUT2D eigenvalue weighted by Crippen LogP contribution is -1.96. The Balaban J connectivity index is 2.29. The highest BCUT2D eigenvalue weighted by molar-refractivity contribution is 6.08. The predicted molar refractivity (Wildman–Crippen MR) is 66.1 cm³/mol. The molecule has 2 aromatic carbocycles. The van der Waals surface area contributed by atoms with Gasteiger partial charge in [0.25, 0.3) is 5.91 Å². The standard InChI is InChI=1S/C14H8N2O2/c17-8-9-4-1-2-5-10(9)11-6-3-7-12-13(11)14(18)16-15-12/h1-8H. The van der Waals surface area contributed by atoms with E-state index in [2.05, 4.69) is 10.2 Å². The highest BCUT2D eigenvalue weighted by Crippen LogP contribution is 2.36. The van der Waals surface area contributed by atoms with Gasteiger partial charge in [-0.3, -0.25) is 9.59 Å². The van der Waals surface area contributed by atoms with E-state index in [1.165, 1.54) is 0 Å². The summed E-state index contributed by atoms with van der Waals surface area (Å²) in [4.78, 5) is 22.8. The lowest BCUT2D eigenvalue weighted by molar-refractivity contribution is 0.100. The summed E-state index contributed by atoms with van der Waals surface area (Å²) in [6.07, 6.45) is 0.780. The van der Waals surface area contributed by atoms with E-state index in [-0.39, 0.29) is 5.91 Å². The lowest BCUT2D eigenvalue weighted by atomic mass is 9.95. The fraction of sp³-hybridized carbons (Fsp3) is 0. The number of fused-ring (bicyclic) bond motifs is 1. The second kappa shape index (κ2) is 4.00. The smallest absolute Gasteiger partial charge is 0.298 e. The molecule has 0 fully saturated rings. The Morgan fingerprint density at radius 2 is 1.67 bits per heavy atom. The van der Waals surface area contributed by atoms with Crippen LogP contribution in [0.25, 0.3) is 11.1 Å². The molecule has 3 rings (SSSR count). The summed E-state index contributed by atoms with van der Waals surface area (Å²) in [7, 11) is 0. The first-order valence-electron chi connectivity index (χ1n) is 5.45. The molecule has 0 bridgehead atoms. The first-order valence-corrected chi connectivity index (χ1v) is 5.45. The molecule has 4 nitrogen and oxygen atoms in total. The van der Waals surface area contributed by atoms with Crippen LogP contribution >= 0.6 is 0 Å². The number of carbonyl (C=O) groups is 2.